The second kappa shape index (κ2) is 4.94. The molecule has 82 valence electrons. The number of hydrogen-bond donors (Lipinski definition) is 0. The largest absolute Gasteiger partial charge is 0.368 e. The van der Waals surface area contributed by atoms with Crippen LogP contribution in [0.2, 0.25) is 0 Å². The standard InChI is InChI=1S/C11H16BrN3/c1-2-14-5-7-15(8-6-14)10-3-4-11(12)13-9-10/h3-4,9H,2,5-8H2,1H3. The van der Waals surface area contributed by atoms with Crippen LogP contribution < -0.4 is 4.90 Å². The van der Waals surface area contributed by atoms with Gasteiger partial charge in [0.05, 0.1) is 11.9 Å². The lowest BCUT2D eigenvalue weighted by Gasteiger charge is -2.35. The fraction of sp³-hybridized carbons (Fsp3) is 0.545. The summed E-state index contributed by atoms with van der Waals surface area (Å²) in [5, 5.41) is 0. The van der Waals surface area contributed by atoms with E-state index in [2.05, 4.69) is 43.7 Å². The van der Waals surface area contributed by atoms with Gasteiger partial charge in [-0.3, -0.25) is 0 Å². The van der Waals surface area contributed by atoms with Crippen molar-refractivity contribution in [2.45, 2.75) is 6.92 Å². The average molecular weight is 270 g/mol. The van der Waals surface area contributed by atoms with E-state index in [0.717, 1.165) is 37.3 Å². The van der Waals surface area contributed by atoms with Gasteiger partial charge in [0.1, 0.15) is 4.60 Å². The quantitative estimate of drug-likeness (QED) is 0.766. The summed E-state index contributed by atoms with van der Waals surface area (Å²) in [6.45, 7) is 7.91. The predicted molar refractivity (Wildman–Crippen MR) is 66.3 cm³/mol. The zero-order valence-electron chi connectivity index (χ0n) is 8.99. The zero-order chi connectivity index (χ0) is 10.7. The van der Waals surface area contributed by atoms with Crippen molar-refractivity contribution in [1.29, 1.82) is 0 Å². The number of halogens is 1. The Morgan fingerprint density at radius 3 is 2.53 bits per heavy atom. The van der Waals surface area contributed by atoms with Gasteiger partial charge in [-0.15, -0.1) is 0 Å². The van der Waals surface area contributed by atoms with Gasteiger partial charge in [0.15, 0.2) is 0 Å². The maximum atomic E-state index is 4.25. The lowest BCUT2D eigenvalue weighted by molar-refractivity contribution is 0.271. The molecule has 1 aliphatic rings. The van der Waals surface area contributed by atoms with Crippen molar-refractivity contribution >= 4 is 21.6 Å². The fourth-order valence-corrected chi connectivity index (χ4v) is 2.11. The number of pyridine rings is 1. The van der Waals surface area contributed by atoms with Crippen LogP contribution in [0.25, 0.3) is 0 Å². The van der Waals surface area contributed by atoms with E-state index in [4.69, 9.17) is 0 Å². The fourth-order valence-electron chi connectivity index (χ4n) is 1.88. The van der Waals surface area contributed by atoms with Crippen LogP contribution >= 0.6 is 15.9 Å². The van der Waals surface area contributed by atoms with E-state index in [-0.39, 0.29) is 0 Å². The summed E-state index contributed by atoms with van der Waals surface area (Å²) in [5.41, 5.74) is 1.23. The van der Waals surface area contributed by atoms with Crippen molar-refractivity contribution in [2.24, 2.45) is 0 Å². The van der Waals surface area contributed by atoms with E-state index >= 15 is 0 Å². The Morgan fingerprint density at radius 1 is 1.27 bits per heavy atom. The molecule has 0 spiro atoms. The zero-order valence-corrected chi connectivity index (χ0v) is 10.6. The van der Waals surface area contributed by atoms with Gasteiger partial charge in [0, 0.05) is 26.2 Å². The molecule has 3 nitrogen and oxygen atoms in total. The monoisotopic (exact) mass is 269 g/mol. The highest BCUT2D eigenvalue weighted by molar-refractivity contribution is 9.10. The molecule has 0 amide bonds. The molecular formula is C11H16BrN3. The van der Waals surface area contributed by atoms with E-state index in [1.165, 1.54) is 5.69 Å². The molecule has 2 heterocycles. The molecule has 0 aromatic carbocycles. The van der Waals surface area contributed by atoms with Gasteiger partial charge in [-0.1, -0.05) is 6.92 Å². The lowest BCUT2D eigenvalue weighted by atomic mass is 10.3. The highest BCUT2D eigenvalue weighted by Crippen LogP contribution is 2.17. The third-order valence-corrected chi connectivity index (χ3v) is 3.37. The van der Waals surface area contributed by atoms with E-state index < -0.39 is 0 Å². The van der Waals surface area contributed by atoms with Gasteiger partial charge < -0.3 is 9.80 Å². The molecule has 0 N–H and O–H groups in total. The molecule has 1 fully saturated rings. The Bertz CT molecular complexity index is 304. The van der Waals surface area contributed by atoms with Crippen LogP contribution in [0.15, 0.2) is 22.9 Å². The highest BCUT2D eigenvalue weighted by Gasteiger charge is 2.15. The van der Waals surface area contributed by atoms with E-state index in [0.29, 0.717) is 0 Å². The predicted octanol–water partition coefficient (Wildman–Crippen LogP) is 1.99. The molecule has 4 heteroatoms. The number of rotatable bonds is 2. The first kappa shape index (κ1) is 10.9. The number of likely N-dealkylation sites (N-methyl/N-ethyl adjacent to an activating group) is 1. The molecule has 0 saturated carbocycles. The SMILES string of the molecule is CCN1CCN(c2ccc(Br)nc2)CC1. The Labute approximate surface area is 99.2 Å². The van der Waals surface area contributed by atoms with Gasteiger partial charge in [-0.25, -0.2) is 4.98 Å². The van der Waals surface area contributed by atoms with Crippen molar-refractivity contribution in [3.8, 4) is 0 Å². The van der Waals surface area contributed by atoms with Crippen LogP contribution in [0, 0.1) is 0 Å². The molecule has 0 unspecified atom stereocenters. The first-order chi connectivity index (χ1) is 7.29. The topological polar surface area (TPSA) is 19.4 Å². The Kier molecular flexibility index (Phi) is 3.59. The summed E-state index contributed by atoms with van der Waals surface area (Å²) >= 11 is 3.35. The number of aromatic nitrogens is 1. The van der Waals surface area contributed by atoms with Gasteiger partial charge >= 0.3 is 0 Å². The second-order valence-electron chi connectivity index (χ2n) is 3.76. The Hall–Kier alpha value is -0.610. The summed E-state index contributed by atoms with van der Waals surface area (Å²) in [7, 11) is 0. The van der Waals surface area contributed by atoms with Crippen molar-refractivity contribution in [1.82, 2.24) is 9.88 Å². The molecule has 0 bridgehead atoms. The second-order valence-corrected chi connectivity index (χ2v) is 4.57. The molecule has 2 rings (SSSR count). The van der Waals surface area contributed by atoms with Crippen LogP contribution in [0.1, 0.15) is 6.92 Å². The number of nitrogens with zero attached hydrogens (tertiary/aromatic N) is 3. The third kappa shape index (κ3) is 2.69. The highest BCUT2D eigenvalue weighted by atomic mass is 79.9. The summed E-state index contributed by atoms with van der Waals surface area (Å²) in [4.78, 5) is 9.12. The average Bonchev–Trinajstić information content (AvgIpc) is 2.30. The van der Waals surface area contributed by atoms with Crippen molar-refractivity contribution in [3.05, 3.63) is 22.9 Å². The Balaban J connectivity index is 1.98. The molecule has 0 atom stereocenters. The molecule has 1 aromatic rings. The smallest absolute Gasteiger partial charge is 0.106 e. The molecule has 1 aliphatic heterocycles. The summed E-state index contributed by atoms with van der Waals surface area (Å²) in [5.74, 6) is 0. The molecule has 1 aromatic heterocycles. The number of anilines is 1. The van der Waals surface area contributed by atoms with Crippen LogP contribution in [0.5, 0.6) is 0 Å². The molecule has 15 heavy (non-hydrogen) atoms. The van der Waals surface area contributed by atoms with E-state index in [1.54, 1.807) is 0 Å². The van der Waals surface area contributed by atoms with Gasteiger partial charge in [-0.05, 0) is 34.6 Å². The van der Waals surface area contributed by atoms with E-state index in [1.807, 2.05) is 12.3 Å². The van der Waals surface area contributed by atoms with Crippen LogP contribution in [0.3, 0.4) is 0 Å². The first-order valence-electron chi connectivity index (χ1n) is 5.38. The number of piperazine rings is 1. The summed E-state index contributed by atoms with van der Waals surface area (Å²) in [6, 6.07) is 4.13. The van der Waals surface area contributed by atoms with Crippen LogP contribution in [0.4, 0.5) is 5.69 Å². The molecule has 0 aliphatic carbocycles. The lowest BCUT2D eigenvalue weighted by Crippen LogP contribution is -2.46. The normalized spacial score (nSPS) is 18.1. The van der Waals surface area contributed by atoms with Gasteiger partial charge in [0.25, 0.3) is 0 Å². The first-order valence-corrected chi connectivity index (χ1v) is 6.17. The molecule has 1 saturated heterocycles. The summed E-state index contributed by atoms with van der Waals surface area (Å²) < 4.78 is 0.901. The van der Waals surface area contributed by atoms with E-state index in [9.17, 15) is 0 Å². The van der Waals surface area contributed by atoms with Gasteiger partial charge in [0.2, 0.25) is 0 Å². The van der Waals surface area contributed by atoms with Crippen LogP contribution in [-0.2, 0) is 0 Å². The maximum absolute atomic E-state index is 4.25. The number of hydrogen-bond acceptors (Lipinski definition) is 3. The molecular weight excluding hydrogens is 254 g/mol. The van der Waals surface area contributed by atoms with Crippen molar-refractivity contribution in [2.75, 3.05) is 37.6 Å². The maximum Gasteiger partial charge on any atom is 0.106 e. The van der Waals surface area contributed by atoms with Gasteiger partial charge in [-0.2, -0.15) is 0 Å². The van der Waals surface area contributed by atoms with Crippen molar-refractivity contribution < 1.29 is 0 Å². The minimum atomic E-state index is 0.901. The minimum absolute atomic E-state index is 0.901. The minimum Gasteiger partial charge on any atom is -0.368 e. The van der Waals surface area contributed by atoms with Crippen LogP contribution in [-0.4, -0.2) is 42.6 Å². The Morgan fingerprint density at radius 2 is 2.00 bits per heavy atom. The molecule has 0 radical (unpaired) electrons. The third-order valence-electron chi connectivity index (χ3n) is 2.90. The summed E-state index contributed by atoms with van der Waals surface area (Å²) in [6.07, 6.45) is 1.94. The van der Waals surface area contributed by atoms with Crippen molar-refractivity contribution in [3.63, 3.8) is 0 Å².